The summed E-state index contributed by atoms with van der Waals surface area (Å²) in [6.45, 7) is 0. The normalized spacial score (nSPS) is 0. The molecule has 0 nitrogen and oxygen atoms in total. The fourth-order valence-corrected chi connectivity index (χ4v) is 0. The summed E-state index contributed by atoms with van der Waals surface area (Å²) >= 11 is 0. The maximum absolute atomic E-state index is 0. The smallest absolute Gasteiger partial charge is 0.153 e. The molecule has 4 heteroatoms. The van der Waals surface area contributed by atoms with E-state index in [0.717, 1.165) is 0 Å². The van der Waals surface area contributed by atoms with Crippen LogP contribution < -0.4 is 29.5 Å². The molecule has 0 aromatic heterocycles. The second-order valence-corrected chi connectivity index (χ2v) is 0. The lowest BCUT2D eigenvalue weighted by molar-refractivity contribution is -0.00100. The van der Waals surface area contributed by atoms with Gasteiger partial charge in [0.1, 0.15) is 0 Å². The molecule has 32 valence electrons. The van der Waals surface area contributed by atoms with Crippen LogP contribution in [0.1, 0.15) is 0 Å². The Labute approximate surface area is 40.2 Å². The summed E-state index contributed by atoms with van der Waals surface area (Å²) in [5, 5.41) is 0. The Hall–Kier alpha value is 0.940. The first kappa shape index (κ1) is 86.8. The van der Waals surface area contributed by atoms with Crippen LogP contribution in [0.4, 0.5) is 0 Å². The highest BCUT2D eigenvalue weighted by atomic mass is 35.5. The average molecular weight is 124 g/mol. The SMILES string of the molecule is P.[Cl-].[Cl-].[F-]. The van der Waals surface area contributed by atoms with Gasteiger partial charge in [-0.2, -0.15) is 9.90 Å². The molecule has 0 saturated carbocycles. The number of hydrogen-bond acceptors (Lipinski definition) is 0. The Bertz CT molecular complexity index is 6.00. The molecular weight excluding hydrogens is 121 g/mol. The molecule has 0 aromatic rings. The van der Waals surface area contributed by atoms with E-state index in [1.807, 2.05) is 0 Å². The van der Waals surface area contributed by atoms with E-state index >= 15 is 0 Å². The zero-order valence-electron chi connectivity index (χ0n) is 1.84. The molecule has 0 aromatic carbocycles. The van der Waals surface area contributed by atoms with Crippen molar-refractivity contribution in [3.8, 4) is 0 Å². The minimum atomic E-state index is 0. The highest BCUT2D eigenvalue weighted by Gasteiger charge is -0.153. The third kappa shape index (κ3) is 12.5. The number of rotatable bonds is 0. The third-order valence-electron chi connectivity index (χ3n) is 0. The Balaban J connectivity index is 0. The molecule has 4 heavy (non-hydrogen) atoms. The second-order valence-electron chi connectivity index (χ2n) is 0. The Morgan fingerprint density at radius 1 is 0.750 bits per heavy atom. The van der Waals surface area contributed by atoms with Gasteiger partial charge in [0.05, 0.1) is 0 Å². The van der Waals surface area contributed by atoms with Crippen LogP contribution >= 0.6 is 9.90 Å². The van der Waals surface area contributed by atoms with Crippen LogP contribution in [0.25, 0.3) is 0 Å². The largest absolute Gasteiger partial charge is 1.00 e. The molecule has 0 bridgehead atoms. The van der Waals surface area contributed by atoms with Gasteiger partial charge in [-0.1, -0.05) is 0 Å². The van der Waals surface area contributed by atoms with E-state index in [1.54, 1.807) is 0 Å². The van der Waals surface area contributed by atoms with E-state index < -0.39 is 0 Å². The lowest BCUT2D eigenvalue weighted by Gasteiger charge is -1.00. The Morgan fingerprint density at radius 3 is 0.750 bits per heavy atom. The van der Waals surface area contributed by atoms with Crippen LogP contribution in [-0.2, 0) is 0 Å². The summed E-state index contributed by atoms with van der Waals surface area (Å²) in [5.41, 5.74) is 0. The van der Waals surface area contributed by atoms with Crippen molar-refractivity contribution in [3.05, 3.63) is 0 Å². The van der Waals surface area contributed by atoms with Gasteiger partial charge in [-0.3, -0.25) is 0 Å². The molecule has 0 heterocycles. The van der Waals surface area contributed by atoms with Gasteiger partial charge in [0, 0.05) is 0 Å². The van der Waals surface area contributed by atoms with Gasteiger partial charge in [0.15, 0.2) is 0 Å². The van der Waals surface area contributed by atoms with Crippen LogP contribution in [0, 0.1) is 0 Å². The zero-order chi connectivity index (χ0) is 0. The quantitative estimate of drug-likeness (QED) is 0.281. The Kier molecular flexibility index (Phi) is 836. The van der Waals surface area contributed by atoms with Gasteiger partial charge in [0.2, 0.25) is 0 Å². The molecule has 0 aliphatic carbocycles. The monoisotopic (exact) mass is 123 g/mol. The molecule has 0 aliphatic rings. The maximum Gasteiger partial charge on any atom is -0.153 e. The van der Waals surface area contributed by atoms with Crippen molar-refractivity contribution >= 4 is 9.90 Å². The highest BCUT2D eigenvalue weighted by molar-refractivity contribution is 6.92. The van der Waals surface area contributed by atoms with Crippen molar-refractivity contribution in [2.75, 3.05) is 0 Å². The van der Waals surface area contributed by atoms with Gasteiger partial charge < -0.3 is 29.5 Å². The first-order valence-corrected chi connectivity index (χ1v) is 0. The van der Waals surface area contributed by atoms with Gasteiger partial charge in [-0.25, -0.2) is 0 Å². The molecule has 0 radical (unpaired) electrons. The van der Waals surface area contributed by atoms with Crippen molar-refractivity contribution in [1.29, 1.82) is 0 Å². The summed E-state index contributed by atoms with van der Waals surface area (Å²) < 4.78 is 0. The van der Waals surface area contributed by atoms with Gasteiger partial charge in [-0.15, -0.1) is 0 Å². The van der Waals surface area contributed by atoms with E-state index in [1.165, 1.54) is 0 Å². The van der Waals surface area contributed by atoms with Gasteiger partial charge in [-0.05, 0) is 0 Å². The fourth-order valence-electron chi connectivity index (χ4n) is 0. The molecule has 0 N–H and O–H groups in total. The minimum Gasteiger partial charge on any atom is -1.00 e. The molecule has 1 atom stereocenters. The lowest BCUT2D eigenvalue weighted by atomic mass is 19.0. The molecule has 0 rings (SSSR count). The van der Waals surface area contributed by atoms with Crippen LogP contribution in [0.15, 0.2) is 0 Å². The number of halogens is 3. The highest BCUT2D eigenvalue weighted by Crippen LogP contribution is 0.861. The standard InChI is InChI=1S/2ClH.FH.H3P/h3*1H;1H3/p-3. The lowest BCUT2D eigenvalue weighted by Crippen LogP contribution is -3.00. The first-order valence-electron chi connectivity index (χ1n) is 0. The van der Waals surface area contributed by atoms with Crippen molar-refractivity contribution in [2.24, 2.45) is 0 Å². The predicted octanol–water partition coefficient (Wildman–Crippen LogP) is -8.93. The van der Waals surface area contributed by atoms with Crippen molar-refractivity contribution < 1.29 is 29.5 Å². The van der Waals surface area contributed by atoms with Crippen molar-refractivity contribution in [3.63, 3.8) is 0 Å². The molecule has 0 amide bonds. The van der Waals surface area contributed by atoms with Crippen LogP contribution in [0.3, 0.4) is 0 Å². The van der Waals surface area contributed by atoms with E-state index in [2.05, 4.69) is 0 Å². The summed E-state index contributed by atoms with van der Waals surface area (Å²) in [4.78, 5) is 0. The molecule has 0 spiro atoms. The summed E-state index contributed by atoms with van der Waals surface area (Å²) in [5.74, 6) is 0. The van der Waals surface area contributed by atoms with E-state index in [4.69, 9.17) is 0 Å². The van der Waals surface area contributed by atoms with Gasteiger partial charge >= 0.3 is 0 Å². The fraction of sp³-hybridized carbons (Fsp3) is 0. The van der Waals surface area contributed by atoms with Crippen LogP contribution in [0.2, 0.25) is 0 Å². The van der Waals surface area contributed by atoms with E-state index in [0.29, 0.717) is 0 Å². The van der Waals surface area contributed by atoms with Gasteiger partial charge in [0.25, 0.3) is 0 Å². The van der Waals surface area contributed by atoms with E-state index in [-0.39, 0.29) is 39.4 Å². The molecule has 0 fully saturated rings. The van der Waals surface area contributed by atoms with Crippen LogP contribution in [0.5, 0.6) is 0 Å². The summed E-state index contributed by atoms with van der Waals surface area (Å²) in [6, 6.07) is 0. The minimum absolute atomic E-state index is 0. The van der Waals surface area contributed by atoms with Crippen LogP contribution in [-0.4, -0.2) is 0 Å². The summed E-state index contributed by atoms with van der Waals surface area (Å²) in [7, 11) is 0. The zero-order valence-corrected chi connectivity index (χ0v) is 4.77. The topological polar surface area (TPSA) is 0 Å². The van der Waals surface area contributed by atoms with E-state index in [9.17, 15) is 0 Å². The molecule has 0 saturated heterocycles. The van der Waals surface area contributed by atoms with Crippen molar-refractivity contribution in [2.45, 2.75) is 0 Å². The molecular formula is H3Cl2FP-3. The maximum atomic E-state index is 0. The molecule has 0 aliphatic heterocycles. The Morgan fingerprint density at radius 2 is 0.750 bits per heavy atom. The second kappa shape index (κ2) is 38.5. The third-order valence-corrected chi connectivity index (χ3v) is 0. The summed E-state index contributed by atoms with van der Waals surface area (Å²) in [6.07, 6.45) is 0. The number of hydrogen-bond donors (Lipinski definition) is 0. The average Bonchev–Trinajstić information content (AvgIpc) is 0. The molecule has 1 unspecified atom stereocenters. The predicted molar refractivity (Wildman–Crippen MR) is 11.1 cm³/mol. The first-order chi connectivity index (χ1) is 0. The van der Waals surface area contributed by atoms with Crippen molar-refractivity contribution in [1.82, 2.24) is 0 Å².